The van der Waals surface area contributed by atoms with E-state index in [1.165, 1.54) is 17.3 Å². The van der Waals surface area contributed by atoms with Crippen molar-refractivity contribution in [2.24, 2.45) is 0 Å². The van der Waals surface area contributed by atoms with Crippen molar-refractivity contribution in [1.29, 1.82) is 5.26 Å². The van der Waals surface area contributed by atoms with E-state index in [0.717, 1.165) is 54.0 Å². The Morgan fingerprint density at radius 3 is 2.67 bits per heavy atom. The van der Waals surface area contributed by atoms with Gasteiger partial charge in [0.05, 0.1) is 29.6 Å². The number of morpholine rings is 1. The second kappa shape index (κ2) is 10.0. The minimum absolute atomic E-state index is 0.249. The molecule has 5 rings (SSSR count). The Morgan fingerprint density at radius 2 is 1.88 bits per heavy atom. The largest absolute Gasteiger partial charge is 0.459 e. The van der Waals surface area contributed by atoms with Crippen molar-refractivity contribution in [2.45, 2.75) is 18.0 Å². The first-order chi connectivity index (χ1) is 16.3. The standard InChI is InChI=1S/C25H23N5O2S/c26-15-20(24-28-22-3-1-2-4-23(22)33-24)21-9-10-27-25(29-21)32-17-19-7-5-18(6-8-19)16-30-11-13-31-14-12-30/h1-10,28H,11-14,16-17H2/b24-20-. The van der Waals surface area contributed by atoms with E-state index in [1.807, 2.05) is 24.3 Å². The lowest BCUT2D eigenvalue weighted by Gasteiger charge is -2.26. The lowest BCUT2D eigenvalue weighted by Crippen LogP contribution is -2.35. The van der Waals surface area contributed by atoms with Gasteiger partial charge in [-0.05, 0) is 29.3 Å². The maximum absolute atomic E-state index is 9.79. The smallest absolute Gasteiger partial charge is 0.317 e. The summed E-state index contributed by atoms with van der Waals surface area (Å²) >= 11 is 1.53. The maximum atomic E-state index is 9.79. The molecule has 3 aromatic rings. The summed E-state index contributed by atoms with van der Waals surface area (Å²) in [6.45, 7) is 4.84. The molecule has 33 heavy (non-hydrogen) atoms. The van der Waals surface area contributed by atoms with Crippen LogP contribution in [0.3, 0.4) is 0 Å². The molecule has 2 aliphatic rings. The highest BCUT2D eigenvalue weighted by Crippen LogP contribution is 2.43. The van der Waals surface area contributed by atoms with E-state index in [4.69, 9.17) is 9.47 Å². The number of hydrogen-bond acceptors (Lipinski definition) is 8. The van der Waals surface area contributed by atoms with Gasteiger partial charge in [-0.1, -0.05) is 48.2 Å². The molecule has 1 N–H and O–H groups in total. The van der Waals surface area contributed by atoms with Crippen LogP contribution in [-0.4, -0.2) is 41.2 Å². The number of nitrogens with one attached hydrogen (secondary N) is 1. The molecule has 8 heteroatoms. The lowest BCUT2D eigenvalue weighted by atomic mass is 10.1. The number of rotatable bonds is 6. The molecule has 1 saturated heterocycles. The lowest BCUT2D eigenvalue weighted by molar-refractivity contribution is 0.0342. The molecular weight excluding hydrogens is 434 g/mol. The second-order valence-corrected chi connectivity index (χ2v) is 8.81. The van der Waals surface area contributed by atoms with Gasteiger partial charge in [0.2, 0.25) is 0 Å². The minimum Gasteiger partial charge on any atom is -0.459 e. The minimum atomic E-state index is 0.249. The number of benzene rings is 2. The SMILES string of the molecule is N#C/C(=C1\Nc2ccccc2S1)c1ccnc(OCc2ccc(CN3CCOCC3)cc2)n1. The number of aromatic nitrogens is 2. The van der Waals surface area contributed by atoms with Crippen LogP contribution in [0.1, 0.15) is 16.8 Å². The molecule has 3 heterocycles. The zero-order valence-electron chi connectivity index (χ0n) is 18.0. The van der Waals surface area contributed by atoms with Gasteiger partial charge in [0.1, 0.15) is 18.2 Å². The Hall–Kier alpha value is -3.38. The van der Waals surface area contributed by atoms with Crippen LogP contribution in [0.4, 0.5) is 5.69 Å². The number of hydrogen-bond donors (Lipinski definition) is 1. The highest BCUT2D eigenvalue weighted by atomic mass is 32.2. The normalized spacial score (nSPS) is 17.1. The quantitative estimate of drug-likeness (QED) is 0.549. The number of para-hydroxylation sites is 1. The number of nitriles is 1. The monoisotopic (exact) mass is 457 g/mol. The third-order valence-electron chi connectivity index (χ3n) is 5.48. The average molecular weight is 458 g/mol. The summed E-state index contributed by atoms with van der Waals surface area (Å²) in [5.41, 5.74) is 4.30. The van der Waals surface area contributed by atoms with E-state index in [9.17, 15) is 5.26 Å². The van der Waals surface area contributed by atoms with Crippen molar-refractivity contribution >= 4 is 23.0 Å². The van der Waals surface area contributed by atoms with Crippen molar-refractivity contribution in [3.05, 3.63) is 82.6 Å². The predicted molar refractivity (Wildman–Crippen MR) is 127 cm³/mol. The van der Waals surface area contributed by atoms with Gasteiger partial charge in [-0.15, -0.1) is 0 Å². The van der Waals surface area contributed by atoms with Gasteiger partial charge in [-0.2, -0.15) is 10.2 Å². The number of anilines is 1. The van der Waals surface area contributed by atoms with Crippen LogP contribution in [0, 0.1) is 11.3 Å². The fourth-order valence-corrected chi connectivity index (χ4v) is 4.72. The number of nitrogens with zero attached hydrogens (tertiary/aromatic N) is 4. The third kappa shape index (κ3) is 5.17. The van der Waals surface area contributed by atoms with Gasteiger partial charge >= 0.3 is 6.01 Å². The zero-order valence-corrected chi connectivity index (χ0v) is 18.8. The van der Waals surface area contributed by atoms with Crippen LogP contribution in [0.15, 0.2) is 70.7 Å². The van der Waals surface area contributed by atoms with Crippen molar-refractivity contribution < 1.29 is 9.47 Å². The highest BCUT2D eigenvalue weighted by molar-refractivity contribution is 8.04. The molecule has 1 fully saturated rings. The summed E-state index contributed by atoms with van der Waals surface area (Å²) in [5.74, 6) is 0. The Morgan fingerprint density at radius 1 is 1.09 bits per heavy atom. The van der Waals surface area contributed by atoms with Gasteiger partial charge in [-0.25, -0.2) is 4.98 Å². The first kappa shape index (κ1) is 21.5. The summed E-state index contributed by atoms with van der Waals surface area (Å²) in [6.07, 6.45) is 1.62. The van der Waals surface area contributed by atoms with Gasteiger partial charge in [0.15, 0.2) is 0 Å². The molecule has 0 unspecified atom stereocenters. The average Bonchev–Trinajstić information content (AvgIpc) is 3.29. The van der Waals surface area contributed by atoms with E-state index < -0.39 is 0 Å². The van der Waals surface area contributed by atoms with Crippen molar-refractivity contribution in [2.75, 3.05) is 31.6 Å². The van der Waals surface area contributed by atoms with Gasteiger partial charge in [0.25, 0.3) is 0 Å². The molecule has 2 aromatic carbocycles. The summed E-state index contributed by atoms with van der Waals surface area (Å²) < 4.78 is 11.2. The van der Waals surface area contributed by atoms with Crippen molar-refractivity contribution in [3.8, 4) is 12.1 Å². The van der Waals surface area contributed by atoms with Crippen LogP contribution in [0.5, 0.6) is 6.01 Å². The number of ether oxygens (including phenoxy) is 2. The van der Waals surface area contributed by atoms with Crippen LogP contribution in [-0.2, 0) is 17.9 Å². The molecule has 166 valence electrons. The fraction of sp³-hybridized carbons (Fsp3) is 0.240. The molecule has 7 nitrogen and oxygen atoms in total. The molecule has 2 aliphatic heterocycles. The first-order valence-corrected chi connectivity index (χ1v) is 11.6. The van der Waals surface area contributed by atoms with E-state index in [1.54, 1.807) is 12.3 Å². The summed E-state index contributed by atoms with van der Waals surface area (Å²) in [5, 5.41) is 13.9. The molecule has 1 aromatic heterocycles. The van der Waals surface area contributed by atoms with E-state index >= 15 is 0 Å². The number of allylic oxidation sites excluding steroid dienone is 1. The molecule has 0 amide bonds. The van der Waals surface area contributed by atoms with Crippen molar-refractivity contribution in [3.63, 3.8) is 0 Å². The van der Waals surface area contributed by atoms with Crippen molar-refractivity contribution in [1.82, 2.24) is 14.9 Å². The summed E-state index contributed by atoms with van der Waals surface area (Å²) in [4.78, 5) is 12.2. The topological polar surface area (TPSA) is 83.3 Å². The Labute approximate surface area is 197 Å². The van der Waals surface area contributed by atoms with E-state index in [0.29, 0.717) is 17.9 Å². The van der Waals surface area contributed by atoms with Gasteiger partial charge in [0, 0.05) is 30.7 Å². The van der Waals surface area contributed by atoms with Gasteiger partial charge in [-0.3, -0.25) is 4.90 Å². The zero-order chi connectivity index (χ0) is 22.5. The Bertz CT molecular complexity index is 1170. The van der Waals surface area contributed by atoms with Crippen LogP contribution in [0.25, 0.3) is 5.57 Å². The predicted octanol–water partition coefficient (Wildman–Crippen LogP) is 4.30. The second-order valence-electron chi connectivity index (χ2n) is 7.76. The van der Waals surface area contributed by atoms with Crippen LogP contribution in [0.2, 0.25) is 0 Å². The number of fused-ring (bicyclic) bond motifs is 1. The molecule has 0 bridgehead atoms. The van der Waals surface area contributed by atoms with E-state index in [-0.39, 0.29) is 6.01 Å². The first-order valence-electron chi connectivity index (χ1n) is 10.8. The Balaban J connectivity index is 1.23. The molecule has 0 aliphatic carbocycles. The van der Waals surface area contributed by atoms with Crippen LogP contribution >= 0.6 is 11.8 Å². The third-order valence-corrected chi connectivity index (χ3v) is 6.56. The number of thioether (sulfide) groups is 1. The summed E-state index contributed by atoms with van der Waals surface area (Å²) in [6, 6.07) is 20.6. The van der Waals surface area contributed by atoms with E-state index in [2.05, 4.69) is 50.5 Å². The Kier molecular flexibility index (Phi) is 6.53. The van der Waals surface area contributed by atoms with Crippen LogP contribution < -0.4 is 10.1 Å². The summed E-state index contributed by atoms with van der Waals surface area (Å²) in [7, 11) is 0. The maximum Gasteiger partial charge on any atom is 0.317 e. The highest BCUT2D eigenvalue weighted by Gasteiger charge is 2.21. The fourth-order valence-electron chi connectivity index (χ4n) is 3.71. The van der Waals surface area contributed by atoms with Gasteiger partial charge < -0.3 is 14.8 Å². The molecule has 0 radical (unpaired) electrons. The molecular formula is C25H23N5O2S. The molecule has 0 saturated carbocycles. The molecule has 0 spiro atoms. The molecule has 0 atom stereocenters.